The van der Waals surface area contributed by atoms with Gasteiger partial charge in [-0.25, -0.2) is 0 Å². The van der Waals surface area contributed by atoms with Crippen molar-refractivity contribution < 1.29 is 44.5 Å². The second-order valence-electron chi connectivity index (χ2n) is 9.32. The van der Waals surface area contributed by atoms with E-state index in [4.69, 9.17) is 14.2 Å². The van der Waals surface area contributed by atoms with Crippen LogP contribution in [-0.4, -0.2) is 88.1 Å². The van der Waals surface area contributed by atoms with Gasteiger partial charge in [-0.05, 0) is 6.42 Å². The van der Waals surface area contributed by atoms with Crippen molar-refractivity contribution in [3.05, 3.63) is 0 Å². The second kappa shape index (κ2) is 19.4. The number of aliphatic hydroxyl groups is 5. The SMILES string of the molecule is CCCCCCCCCCCCCCCC(=O)O[C@H](CO)CO[C@@H]1O[C@H](CO)[C@H](O)[C@H](O)[C@H]1O. The van der Waals surface area contributed by atoms with E-state index in [0.29, 0.717) is 0 Å². The standard InChI is InChI=1S/C25H48O9/c1-2-3-4-5-6-7-8-9-10-11-12-13-14-15-21(28)33-19(16-26)18-32-25-24(31)23(30)22(29)20(17-27)34-25/h19-20,22-27,29-31H,2-18H2,1H3/t19-,20-,22+,23+,24-,25-/m1/s1. The van der Waals surface area contributed by atoms with Crippen molar-refractivity contribution in [3.63, 3.8) is 0 Å². The molecule has 1 saturated heterocycles. The largest absolute Gasteiger partial charge is 0.457 e. The molecule has 0 aromatic rings. The van der Waals surface area contributed by atoms with E-state index in [-0.39, 0.29) is 13.0 Å². The molecule has 0 aromatic heterocycles. The third-order valence-corrected chi connectivity index (χ3v) is 6.28. The molecule has 5 N–H and O–H groups in total. The molecule has 34 heavy (non-hydrogen) atoms. The lowest BCUT2D eigenvalue weighted by atomic mass is 9.99. The topological polar surface area (TPSA) is 146 Å². The zero-order chi connectivity index (χ0) is 25.2. The maximum absolute atomic E-state index is 12.0. The van der Waals surface area contributed by atoms with Gasteiger partial charge in [-0.15, -0.1) is 0 Å². The summed E-state index contributed by atoms with van der Waals surface area (Å²) in [6, 6.07) is 0. The van der Waals surface area contributed by atoms with Gasteiger partial charge in [-0.2, -0.15) is 0 Å². The van der Waals surface area contributed by atoms with Gasteiger partial charge in [0.15, 0.2) is 6.29 Å². The molecule has 9 heteroatoms. The van der Waals surface area contributed by atoms with Gasteiger partial charge in [0.25, 0.3) is 0 Å². The monoisotopic (exact) mass is 492 g/mol. The second-order valence-corrected chi connectivity index (χ2v) is 9.32. The van der Waals surface area contributed by atoms with Gasteiger partial charge in [0.05, 0.1) is 19.8 Å². The minimum atomic E-state index is -1.55. The number of esters is 1. The predicted molar refractivity (Wildman–Crippen MR) is 127 cm³/mol. The zero-order valence-corrected chi connectivity index (χ0v) is 20.9. The quantitative estimate of drug-likeness (QED) is 0.127. The molecule has 0 aliphatic carbocycles. The Morgan fingerprint density at radius 2 is 1.32 bits per heavy atom. The van der Waals surface area contributed by atoms with Crippen LogP contribution in [0, 0.1) is 0 Å². The molecule has 1 aliphatic heterocycles. The Balaban J connectivity index is 2.08. The van der Waals surface area contributed by atoms with Crippen LogP contribution in [0.1, 0.15) is 96.8 Å². The van der Waals surface area contributed by atoms with Gasteiger partial charge in [0.2, 0.25) is 0 Å². The van der Waals surface area contributed by atoms with E-state index in [9.17, 15) is 30.3 Å². The molecular weight excluding hydrogens is 444 g/mol. The molecule has 0 aromatic carbocycles. The Kier molecular flexibility index (Phi) is 17.8. The molecule has 1 heterocycles. The average molecular weight is 493 g/mol. The molecule has 0 bridgehead atoms. The van der Waals surface area contributed by atoms with Crippen molar-refractivity contribution in [1.29, 1.82) is 0 Å². The molecule has 9 nitrogen and oxygen atoms in total. The molecule has 0 amide bonds. The summed E-state index contributed by atoms with van der Waals surface area (Å²) in [5.74, 6) is -0.431. The van der Waals surface area contributed by atoms with E-state index in [1.807, 2.05) is 0 Å². The summed E-state index contributed by atoms with van der Waals surface area (Å²) in [4.78, 5) is 12.0. The number of unbranched alkanes of at least 4 members (excludes halogenated alkanes) is 12. The van der Waals surface area contributed by atoms with E-state index in [0.717, 1.165) is 19.3 Å². The summed E-state index contributed by atoms with van der Waals surface area (Å²) in [6.45, 7) is 0.939. The predicted octanol–water partition coefficient (Wildman–Crippen LogP) is 2.19. The number of aliphatic hydroxyl groups excluding tert-OH is 5. The highest BCUT2D eigenvalue weighted by Gasteiger charge is 2.44. The van der Waals surface area contributed by atoms with E-state index < -0.39 is 56.0 Å². The van der Waals surface area contributed by atoms with Gasteiger partial charge in [0.1, 0.15) is 30.5 Å². The lowest BCUT2D eigenvalue weighted by molar-refractivity contribution is -0.305. The van der Waals surface area contributed by atoms with Crippen molar-refractivity contribution in [2.24, 2.45) is 0 Å². The first-order valence-electron chi connectivity index (χ1n) is 13.2. The molecule has 6 atom stereocenters. The smallest absolute Gasteiger partial charge is 0.306 e. The molecule has 0 saturated carbocycles. The van der Waals surface area contributed by atoms with Crippen molar-refractivity contribution in [3.8, 4) is 0 Å². The summed E-state index contributed by atoms with van der Waals surface area (Å²) < 4.78 is 15.8. The highest BCUT2D eigenvalue weighted by molar-refractivity contribution is 5.69. The van der Waals surface area contributed by atoms with Crippen molar-refractivity contribution >= 4 is 5.97 Å². The highest BCUT2D eigenvalue weighted by atomic mass is 16.7. The van der Waals surface area contributed by atoms with Gasteiger partial charge >= 0.3 is 5.97 Å². The number of rotatable bonds is 20. The molecule has 0 spiro atoms. The Hall–Kier alpha value is -0.810. The van der Waals surface area contributed by atoms with E-state index in [1.165, 1.54) is 64.2 Å². The summed E-state index contributed by atoms with van der Waals surface area (Å²) in [5.41, 5.74) is 0. The number of hydrogen-bond donors (Lipinski definition) is 5. The maximum Gasteiger partial charge on any atom is 0.306 e. The Morgan fingerprint density at radius 3 is 1.82 bits per heavy atom. The molecule has 0 radical (unpaired) electrons. The van der Waals surface area contributed by atoms with Crippen LogP contribution >= 0.6 is 0 Å². The molecule has 0 unspecified atom stereocenters. The van der Waals surface area contributed by atoms with Crippen LogP contribution in [-0.2, 0) is 19.0 Å². The van der Waals surface area contributed by atoms with Crippen molar-refractivity contribution in [1.82, 2.24) is 0 Å². The summed E-state index contributed by atoms with van der Waals surface area (Å²) in [7, 11) is 0. The van der Waals surface area contributed by atoms with Crippen molar-refractivity contribution in [2.75, 3.05) is 19.8 Å². The first kappa shape index (κ1) is 31.2. The van der Waals surface area contributed by atoms with Crippen LogP contribution in [0.2, 0.25) is 0 Å². The Labute approximate surface area is 204 Å². The minimum absolute atomic E-state index is 0.258. The maximum atomic E-state index is 12.0. The first-order chi connectivity index (χ1) is 16.4. The molecule has 202 valence electrons. The van der Waals surface area contributed by atoms with Crippen molar-refractivity contribution in [2.45, 2.75) is 134 Å². The van der Waals surface area contributed by atoms with Crippen LogP contribution < -0.4 is 0 Å². The van der Waals surface area contributed by atoms with Crippen LogP contribution in [0.25, 0.3) is 0 Å². The average Bonchev–Trinajstić information content (AvgIpc) is 2.84. The number of ether oxygens (including phenoxy) is 3. The third kappa shape index (κ3) is 12.8. The first-order valence-corrected chi connectivity index (χ1v) is 13.2. The Bertz CT molecular complexity index is 503. The Morgan fingerprint density at radius 1 is 0.794 bits per heavy atom. The van der Waals surface area contributed by atoms with Gasteiger partial charge in [-0.1, -0.05) is 84.0 Å². The molecule has 1 fully saturated rings. The molecule has 1 rings (SSSR count). The fourth-order valence-electron chi connectivity index (χ4n) is 4.06. The molecular formula is C25H48O9. The minimum Gasteiger partial charge on any atom is -0.457 e. The zero-order valence-electron chi connectivity index (χ0n) is 20.9. The number of carbonyl (C=O) groups is 1. The van der Waals surface area contributed by atoms with Gasteiger partial charge in [0, 0.05) is 6.42 Å². The fourth-order valence-corrected chi connectivity index (χ4v) is 4.06. The lowest BCUT2D eigenvalue weighted by Crippen LogP contribution is -2.59. The summed E-state index contributed by atoms with van der Waals surface area (Å²) >= 11 is 0. The van der Waals surface area contributed by atoms with E-state index in [1.54, 1.807) is 0 Å². The van der Waals surface area contributed by atoms with Crippen LogP contribution in [0.3, 0.4) is 0 Å². The van der Waals surface area contributed by atoms with Crippen LogP contribution in [0.4, 0.5) is 0 Å². The number of carbonyl (C=O) groups excluding carboxylic acids is 1. The van der Waals surface area contributed by atoms with E-state index >= 15 is 0 Å². The number of hydrogen-bond acceptors (Lipinski definition) is 9. The fraction of sp³-hybridized carbons (Fsp3) is 0.960. The molecule has 1 aliphatic rings. The summed E-state index contributed by atoms with van der Waals surface area (Å²) in [6.07, 6.45) is 8.15. The van der Waals surface area contributed by atoms with Gasteiger partial charge in [-0.3, -0.25) is 4.79 Å². The van der Waals surface area contributed by atoms with Crippen LogP contribution in [0.5, 0.6) is 0 Å². The van der Waals surface area contributed by atoms with E-state index in [2.05, 4.69) is 6.92 Å². The third-order valence-electron chi connectivity index (χ3n) is 6.28. The van der Waals surface area contributed by atoms with Crippen LogP contribution in [0.15, 0.2) is 0 Å². The highest BCUT2D eigenvalue weighted by Crippen LogP contribution is 2.22. The normalized spacial score (nSPS) is 25.9. The van der Waals surface area contributed by atoms with Gasteiger partial charge < -0.3 is 39.7 Å². The lowest BCUT2D eigenvalue weighted by Gasteiger charge is -2.39. The summed E-state index contributed by atoms with van der Waals surface area (Å²) in [5, 5.41) is 48.2.